The van der Waals surface area contributed by atoms with Gasteiger partial charge in [-0.3, -0.25) is 4.79 Å². The van der Waals surface area contributed by atoms with E-state index in [4.69, 9.17) is 21.1 Å². The summed E-state index contributed by atoms with van der Waals surface area (Å²) in [5, 5.41) is 3.32. The highest BCUT2D eigenvalue weighted by molar-refractivity contribution is 7.89. The van der Waals surface area contributed by atoms with Crippen LogP contribution in [0.1, 0.15) is 32.3 Å². The van der Waals surface area contributed by atoms with Crippen molar-refractivity contribution in [3.05, 3.63) is 47.0 Å². The lowest BCUT2D eigenvalue weighted by atomic mass is 10.2. The summed E-state index contributed by atoms with van der Waals surface area (Å²) in [5.41, 5.74) is 1.17. The SMILES string of the molecule is CCOc1ccc(NC(=O)C(C)Oc2ccc(Cl)cc2C)cc1S(=O)(=O)N1CCCC1. The number of rotatable bonds is 8. The van der Waals surface area contributed by atoms with E-state index in [1.165, 1.54) is 10.4 Å². The minimum Gasteiger partial charge on any atom is -0.492 e. The molecule has 2 aromatic rings. The van der Waals surface area contributed by atoms with Crippen molar-refractivity contribution in [2.24, 2.45) is 0 Å². The fourth-order valence-corrected chi connectivity index (χ4v) is 5.26. The van der Waals surface area contributed by atoms with Crippen LogP contribution in [-0.2, 0) is 14.8 Å². The highest BCUT2D eigenvalue weighted by Gasteiger charge is 2.30. The summed E-state index contributed by atoms with van der Waals surface area (Å²) in [7, 11) is -3.72. The summed E-state index contributed by atoms with van der Waals surface area (Å²) >= 11 is 5.96. The third-order valence-electron chi connectivity index (χ3n) is 5.00. The molecule has 31 heavy (non-hydrogen) atoms. The number of aryl methyl sites for hydroxylation is 1. The van der Waals surface area contributed by atoms with Gasteiger partial charge in [-0.15, -0.1) is 0 Å². The normalized spacial score (nSPS) is 15.5. The molecule has 0 spiro atoms. The molecule has 1 atom stereocenters. The number of sulfonamides is 1. The van der Waals surface area contributed by atoms with E-state index in [1.54, 1.807) is 44.2 Å². The molecule has 1 unspecified atom stereocenters. The predicted molar refractivity (Wildman–Crippen MR) is 121 cm³/mol. The molecule has 0 aliphatic carbocycles. The van der Waals surface area contributed by atoms with Crippen molar-refractivity contribution in [3.8, 4) is 11.5 Å². The average molecular weight is 467 g/mol. The van der Waals surface area contributed by atoms with Crippen molar-refractivity contribution < 1.29 is 22.7 Å². The van der Waals surface area contributed by atoms with E-state index in [0.717, 1.165) is 18.4 Å². The Balaban J connectivity index is 1.80. The number of nitrogens with one attached hydrogen (secondary N) is 1. The molecule has 2 aromatic carbocycles. The van der Waals surface area contributed by atoms with Gasteiger partial charge in [0.05, 0.1) is 6.61 Å². The second kappa shape index (κ2) is 9.89. The predicted octanol–water partition coefficient (Wildman–Crippen LogP) is 4.24. The second-order valence-corrected chi connectivity index (χ2v) is 9.71. The van der Waals surface area contributed by atoms with E-state index in [2.05, 4.69) is 5.32 Å². The smallest absolute Gasteiger partial charge is 0.265 e. The van der Waals surface area contributed by atoms with Gasteiger partial charge in [0.25, 0.3) is 5.91 Å². The molecule has 1 N–H and O–H groups in total. The fourth-order valence-electron chi connectivity index (χ4n) is 3.36. The number of hydrogen-bond acceptors (Lipinski definition) is 5. The average Bonchev–Trinajstić information content (AvgIpc) is 3.27. The van der Waals surface area contributed by atoms with E-state index in [9.17, 15) is 13.2 Å². The minimum absolute atomic E-state index is 0.0520. The highest BCUT2D eigenvalue weighted by Crippen LogP contribution is 2.32. The van der Waals surface area contributed by atoms with Crippen molar-refractivity contribution in [1.29, 1.82) is 0 Å². The van der Waals surface area contributed by atoms with Crippen LogP contribution >= 0.6 is 11.6 Å². The van der Waals surface area contributed by atoms with Gasteiger partial charge in [-0.05, 0) is 75.6 Å². The third-order valence-corrected chi connectivity index (χ3v) is 7.16. The first-order valence-electron chi connectivity index (χ1n) is 10.2. The Hall–Kier alpha value is -2.29. The maximum absolute atomic E-state index is 13.1. The third kappa shape index (κ3) is 5.50. The number of carbonyl (C=O) groups is 1. The molecule has 7 nitrogen and oxygen atoms in total. The largest absolute Gasteiger partial charge is 0.492 e. The van der Waals surface area contributed by atoms with Gasteiger partial charge >= 0.3 is 0 Å². The number of nitrogens with zero attached hydrogens (tertiary/aromatic N) is 1. The van der Waals surface area contributed by atoms with Crippen molar-refractivity contribution >= 4 is 33.2 Å². The number of hydrogen-bond donors (Lipinski definition) is 1. The lowest BCUT2D eigenvalue weighted by Crippen LogP contribution is -2.31. The topological polar surface area (TPSA) is 84.9 Å². The molecule has 1 fully saturated rings. The van der Waals surface area contributed by atoms with Crippen LogP contribution in [0.4, 0.5) is 5.69 Å². The molecule has 1 aliphatic rings. The van der Waals surface area contributed by atoms with Gasteiger partial charge in [0.1, 0.15) is 16.4 Å². The van der Waals surface area contributed by atoms with E-state index in [-0.39, 0.29) is 10.6 Å². The summed E-state index contributed by atoms with van der Waals surface area (Å²) in [6.45, 7) is 6.55. The van der Waals surface area contributed by atoms with Crippen LogP contribution in [0.25, 0.3) is 0 Å². The quantitative estimate of drug-likeness (QED) is 0.629. The van der Waals surface area contributed by atoms with E-state index in [1.807, 2.05) is 6.92 Å². The van der Waals surface area contributed by atoms with Crippen LogP contribution in [0.5, 0.6) is 11.5 Å². The Morgan fingerprint density at radius 1 is 1.16 bits per heavy atom. The van der Waals surface area contributed by atoms with Crippen molar-refractivity contribution in [1.82, 2.24) is 4.31 Å². The maximum atomic E-state index is 13.1. The van der Waals surface area contributed by atoms with E-state index >= 15 is 0 Å². The van der Waals surface area contributed by atoms with E-state index in [0.29, 0.717) is 36.2 Å². The zero-order chi connectivity index (χ0) is 22.6. The van der Waals surface area contributed by atoms with E-state index < -0.39 is 22.0 Å². The highest BCUT2D eigenvalue weighted by atomic mass is 35.5. The lowest BCUT2D eigenvalue weighted by molar-refractivity contribution is -0.122. The Labute approximate surface area is 188 Å². The number of anilines is 1. The molecular formula is C22H27ClN2O5S. The van der Waals surface area contributed by atoms with Crippen LogP contribution in [0.15, 0.2) is 41.3 Å². The zero-order valence-electron chi connectivity index (χ0n) is 17.9. The molecule has 3 rings (SSSR count). The van der Waals surface area contributed by atoms with Crippen LogP contribution in [-0.4, -0.2) is 44.4 Å². The Bertz CT molecular complexity index is 1050. The van der Waals surface area contributed by atoms with Crippen molar-refractivity contribution in [3.63, 3.8) is 0 Å². The van der Waals surface area contributed by atoms with Crippen molar-refractivity contribution in [2.45, 2.75) is 44.6 Å². The van der Waals surface area contributed by atoms with Gasteiger partial charge < -0.3 is 14.8 Å². The van der Waals surface area contributed by atoms with Crippen molar-refractivity contribution in [2.75, 3.05) is 25.0 Å². The molecular weight excluding hydrogens is 440 g/mol. The molecule has 168 valence electrons. The Kier molecular flexibility index (Phi) is 7.46. The number of carbonyl (C=O) groups excluding carboxylic acids is 1. The van der Waals surface area contributed by atoms with Gasteiger partial charge in [-0.1, -0.05) is 11.6 Å². The van der Waals surface area contributed by atoms with Gasteiger partial charge in [0, 0.05) is 23.8 Å². The Morgan fingerprint density at radius 3 is 2.48 bits per heavy atom. The minimum atomic E-state index is -3.72. The first-order chi connectivity index (χ1) is 14.7. The first-order valence-corrected chi connectivity index (χ1v) is 12.0. The molecule has 0 bridgehead atoms. The number of ether oxygens (including phenoxy) is 2. The molecule has 0 aromatic heterocycles. The maximum Gasteiger partial charge on any atom is 0.265 e. The van der Waals surface area contributed by atoms with Gasteiger partial charge in [-0.2, -0.15) is 4.31 Å². The molecule has 1 heterocycles. The summed E-state index contributed by atoms with van der Waals surface area (Å²) in [6, 6.07) is 9.78. The van der Waals surface area contributed by atoms with Gasteiger partial charge in [0.15, 0.2) is 6.10 Å². The summed E-state index contributed by atoms with van der Waals surface area (Å²) in [4.78, 5) is 12.7. The molecule has 0 radical (unpaired) electrons. The Morgan fingerprint density at radius 2 is 1.84 bits per heavy atom. The van der Waals surface area contributed by atoms with Crippen LogP contribution in [0.2, 0.25) is 5.02 Å². The molecule has 0 saturated carbocycles. The van der Waals surface area contributed by atoms with Crippen LogP contribution < -0.4 is 14.8 Å². The molecule has 9 heteroatoms. The first kappa shape index (κ1) is 23.4. The van der Waals surface area contributed by atoms with Crippen LogP contribution in [0, 0.1) is 6.92 Å². The summed E-state index contributed by atoms with van der Waals surface area (Å²) in [6.07, 6.45) is 0.863. The number of benzene rings is 2. The molecule has 1 aliphatic heterocycles. The second-order valence-electron chi connectivity index (χ2n) is 7.36. The van der Waals surface area contributed by atoms with Gasteiger partial charge in [-0.25, -0.2) is 8.42 Å². The summed E-state index contributed by atoms with van der Waals surface area (Å²) in [5.74, 6) is 0.424. The molecule has 1 amide bonds. The lowest BCUT2D eigenvalue weighted by Gasteiger charge is -2.20. The zero-order valence-corrected chi connectivity index (χ0v) is 19.4. The van der Waals surface area contributed by atoms with Crippen LogP contribution in [0.3, 0.4) is 0 Å². The van der Waals surface area contributed by atoms with Gasteiger partial charge in [0.2, 0.25) is 10.0 Å². The number of halogens is 1. The summed E-state index contributed by atoms with van der Waals surface area (Å²) < 4.78 is 39.0. The fraction of sp³-hybridized carbons (Fsp3) is 0.409. The standard InChI is InChI=1S/C22H27ClN2O5S/c1-4-29-20-10-8-18(14-21(20)31(27,28)25-11-5-6-12-25)24-22(26)16(3)30-19-9-7-17(23)13-15(19)2/h7-10,13-14,16H,4-6,11-12H2,1-3H3,(H,24,26). The molecule has 1 saturated heterocycles. The monoisotopic (exact) mass is 466 g/mol. The number of amides is 1.